The number of esters is 2. The highest BCUT2D eigenvalue weighted by Gasteiger charge is 2.11. The summed E-state index contributed by atoms with van der Waals surface area (Å²) in [4.78, 5) is 22.9. The molecule has 0 aliphatic carbocycles. The highest BCUT2D eigenvalue weighted by atomic mass is 35.5. The van der Waals surface area contributed by atoms with E-state index in [2.05, 4.69) is 6.92 Å². The van der Waals surface area contributed by atoms with Gasteiger partial charge < -0.3 is 9.47 Å². The maximum atomic E-state index is 11.6. The highest BCUT2D eigenvalue weighted by molar-refractivity contribution is 6.18. The number of rotatable bonds is 18. The molecule has 0 heterocycles. The molecule has 0 bridgehead atoms. The molecule has 6 heteroatoms. The number of hydrogen-bond acceptors (Lipinski definition) is 4. The molecule has 0 spiro atoms. The van der Waals surface area contributed by atoms with Crippen molar-refractivity contribution in [2.45, 2.75) is 96.5 Å². The van der Waals surface area contributed by atoms with Gasteiger partial charge in [-0.15, -0.1) is 23.2 Å². The van der Waals surface area contributed by atoms with Gasteiger partial charge in [0, 0.05) is 24.6 Å². The lowest BCUT2D eigenvalue weighted by atomic mass is 10.1. The molecule has 26 heavy (non-hydrogen) atoms. The summed E-state index contributed by atoms with van der Waals surface area (Å²) in [5.74, 6) is 0.743. The van der Waals surface area contributed by atoms with E-state index >= 15 is 0 Å². The molecule has 4 nitrogen and oxygen atoms in total. The molecular formula is C20H36Cl2O4. The quantitative estimate of drug-likeness (QED) is 0.157. The van der Waals surface area contributed by atoms with E-state index in [1.165, 1.54) is 25.7 Å². The van der Waals surface area contributed by atoms with E-state index in [0.29, 0.717) is 44.1 Å². The Kier molecular flexibility index (Phi) is 18.9. The minimum Gasteiger partial charge on any atom is -0.466 e. The molecule has 0 fully saturated rings. The molecule has 0 aromatic heterocycles. The molecule has 0 aromatic rings. The van der Waals surface area contributed by atoms with E-state index in [-0.39, 0.29) is 18.0 Å². The van der Waals surface area contributed by atoms with Gasteiger partial charge >= 0.3 is 11.9 Å². The second-order valence-electron chi connectivity index (χ2n) is 6.59. The topological polar surface area (TPSA) is 52.6 Å². The first kappa shape index (κ1) is 25.5. The lowest BCUT2D eigenvalue weighted by Crippen LogP contribution is -2.17. The molecule has 0 aliphatic heterocycles. The van der Waals surface area contributed by atoms with E-state index in [0.717, 1.165) is 32.1 Å². The van der Waals surface area contributed by atoms with E-state index < -0.39 is 0 Å². The fourth-order valence-electron chi connectivity index (χ4n) is 2.63. The van der Waals surface area contributed by atoms with Crippen LogP contribution in [0.5, 0.6) is 0 Å². The Bertz CT molecular complexity index is 351. The first-order valence-corrected chi connectivity index (χ1v) is 11.2. The third-order valence-electron chi connectivity index (χ3n) is 4.22. The minimum atomic E-state index is -0.139. The van der Waals surface area contributed by atoms with Gasteiger partial charge in [0.1, 0.15) is 6.10 Å². The summed E-state index contributed by atoms with van der Waals surface area (Å²) in [6.45, 7) is 2.58. The van der Waals surface area contributed by atoms with Crippen LogP contribution in [-0.4, -0.2) is 36.4 Å². The average Bonchev–Trinajstić information content (AvgIpc) is 2.64. The summed E-state index contributed by atoms with van der Waals surface area (Å²) in [5, 5.41) is 0. The van der Waals surface area contributed by atoms with Crippen molar-refractivity contribution >= 4 is 35.1 Å². The molecule has 0 amide bonds. The number of ether oxygens (including phenoxy) is 2. The van der Waals surface area contributed by atoms with E-state index in [1.54, 1.807) is 0 Å². The number of halogens is 2. The van der Waals surface area contributed by atoms with Crippen LogP contribution < -0.4 is 0 Å². The predicted molar refractivity (Wildman–Crippen MR) is 108 cm³/mol. The van der Waals surface area contributed by atoms with Crippen LogP contribution in [0.4, 0.5) is 0 Å². The molecule has 154 valence electrons. The molecule has 0 radical (unpaired) electrons. The Balaban J connectivity index is 3.43. The average molecular weight is 411 g/mol. The van der Waals surface area contributed by atoms with Gasteiger partial charge in [0.05, 0.1) is 6.61 Å². The van der Waals surface area contributed by atoms with Crippen molar-refractivity contribution in [2.75, 3.05) is 18.4 Å². The predicted octanol–water partition coefficient (Wildman–Crippen LogP) is 6.01. The minimum absolute atomic E-state index is 0.0475. The van der Waals surface area contributed by atoms with Crippen LogP contribution in [0.2, 0.25) is 0 Å². The van der Waals surface area contributed by atoms with Crippen LogP contribution in [0, 0.1) is 0 Å². The van der Waals surface area contributed by atoms with E-state index in [1.807, 2.05) is 0 Å². The Morgan fingerprint density at radius 2 is 1.31 bits per heavy atom. The maximum Gasteiger partial charge on any atom is 0.306 e. The van der Waals surface area contributed by atoms with Crippen molar-refractivity contribution in [1.29, 1.82) is 0 Å². The molecule has 0 aliphatic rings. The van der Waals surface area contributed by atoms with E-state index in [9.17, 15) is 9.59 Å². The molecule has 0 rings (SSSR count). The zero-order valence-corrected chi connectivity index (χ0v) is 17.8. The maximum absolute atomic E-state index is 11.6. The van der Waals surface area contributed by atoms with Crippen LogP contribution in [0.25, 0.3) is 0 Å². The van der Waals surface area contributed by atoms with Crippen molar-refractivity contribution in [2.24, 2.45) is 0 Å². The molecule has 0 aromatic carbocycles. The molecule has 0 saturated heterocycles. The lowest BCUT2D eigenvalue weighted by Gasteiger charge is -2.16. The fraction of sp³-hybridized carbons (Fsp3) is 0.900. The van der Waals surface area contributed by atoms with Crippen LogP contribution in [-0.2, 0) is 19.1 Å². The van der Waals surface area contributed by atoms with Crippen LogP contribution in [0.1, 0.15) is 90.4 Å². The van der Waals surface area contributed by atoms with Crippen molar-refractivity contribution in [3.63, 3.8) is 0 Å². The Morgan fingerprint density at radius 1 is 0.769 bits per heavy atom. The highest BCUT2D eigenvalue weighted by Crippen LogP contribution is 2.14. The Morgan fingerprint density at radius 3 is 1.88 bits per heavy atom. The summed E-state index contributed by atoms with van der Waals surface area (Å²) >= 11 is 11.1. The van der Waals surface area contributed by atoms with Gasteiger partial charge in [-0.05, 0) is 38.5 Å². The smallest absolute Gasteiger partial charge is 0.306 e. The third-order valence-corrected chi connectivity index (χ3v) is 4.75. The van der Waals surface area contributed by atoms with Crippen LogP contribution >= 0.6 is 23.2 Å². The van der Waals surface area contributed by atoms with Gasteiger partial charge in [-0.3, -0.25) is 9.59 Å². The van der Waals surface area contributed by atoms with E-state index in [4.69, 9.17) is 32.7 Å². The van der Waals surface area contributed by atoms with Gasteiger partial charge in [-0.25, -0.2) is 0 Å². The van der Waals surface area contributed by atoms with Crippen LogP contribution in [0.3, 0.4) is 0 Å². The molecule has 1 unspecified atom stereocenters. The second-order valence-corrected chi connectivity index (χ2v) is 7.35. The standard InChI is InChI=1S/C20H36Cl2O4/c1-2-18(26-20(24)14-11-16-22)12-8-6-4-3-5-7-9-17-25-19(23)13-10-15-21/h18H,2-17H2,1H3. The lowest BCUT2D eigenvalue weighted by molar-refractivity contribution is -0.149. The fourth-order valence-corrected chi connectivity index (χ4v) is 2.90. The number of carbonyl (C=O) groups is 2. The van der Waals surface area contributed by atoms with Gasteiger partial charge in [-0.1, -0.05) is 39.0 Å². The number of unbranched alkanes of at least 4 members (excludes halogenated alkanes) is 6. The van der Waals surface area contributed by atoms with Crippen molar-refractivity contribution in [3.8, 4) is 0 Å². The van der Waals surface area contributed by atoms with Crippen molar-refractivity contribution < 1.29 is 19.1 Å². The molecule has 0 N–H and O–H groups in total. The molecule has 1 atom stereocenters. The summed E-state index contributed by atoms with van der Waals surface area (Å²) < 4.78 is 10.6. The number of carbonyl (C=O) groups excluding carboxylic acids is 2. The van der Waals surface area contributed by atoms with Gasteiger partial charge in [0.25, 0.3) is 0 Å². The monoisotopic (exact) mass is 410 g/mol. The SMILES string of the molecule is CCC(CCCCCCCCCOC(=O)CCCCl)OC(=O)CCCCl. The summed E-state index contributed by atoms with van der Waals surface area (Å²) in [7, 11) is 0. The van der Waals surface area contributed by atoms with Gasteiger partial charge in [0.15, 0.2) is 0 Å². The van der Waals surface area contributed by atoms with Crippen molar-refractivity contribution in [3.05, 3.63) is 0 Å². The second kappa shape index (κ2) is 19.3. The normalized spacial score (nSPS) is 12.0. The molecular weight excluding hydrogens is 375 g/mol. The molecule has 0 saturated carbocycles. The van der Waals surface area contributed by atoms with Crippen molar-refractivity contribution in [1.82, 2.24) is 0 Å². The first-order chi connectivity index (χ1) is 12.6. The van der Waals surface area contributed by atoms with Gasteiger partial charge in [-0.2, -0.15) is 0 Å². The first-order valence-electron chi connectivity index (χ1n) is 10.1. The third kappa shape index (κ3) is 17.0. The summed E-state index contributed by atoms with van der Waals surface area (Å²) in [6.07, 6.45) is 11.9. The zero-order chi connectivity index (χ0) is 19.5. The van der Waals surface area contributed by atoms with Crippen LogP contribution in [0.15, 0.2) is 0 Å². The number of alkyl halides is 2. The largest absolute Gasteiger partial charge is 0.466 e. The number of hydrogen-bond donors (Lipinski definition) is 0. The summed E-state index contributed by atoms with van der Waals surface area (Å²) in [5.41, 5.74) is 0. The Labute approximate surface area is 169 Å². The Hall–Kier alpha value is -0.480. The van der Waals surface area contributed by atoms with Gasteiger partial charge in [0.2, 0.25) is 0 Å². The summed E-state index contributed by atoms with van der Waals surface area (Å²) in [6, 6.07) is 0. The zero-order valence-electron chi connectivity index (χ0n) is 16.3.